The van der Waals surface area contributed by atoms with Crippen LogP contribution in [-0.2, 0) is 9.59 Å². The number of amides is 2. The summed E-state index contributed by atoms with van der Waals surface area (Å²) in [6.07, 6.45) is 1.62. The Morgan fingerprint density at radius 1 is 1.29 bits per heavy atom. The van der Waals surface area contributed by atoms with Crippen LogP contribution in [0.1, 0.15) is 13.3 Å². The smallest absolute Gasteiger partial charge is 0.265 e. The molecule has 3 aromatic rings. The minimum atomic E-state index is -0.295. The second-order valence-electron chi connectivity index (χ2n) is 6.51. The lowest BCUT2D eigenvalue weighted by atomic mass is 10.1. The van der Waals surface area contributed by atoms with Gasteiger partial charge in [-0.15, -0.1) is 0 Å². The highest BCUT2D eigenvalue weighted by molar-refractivity contribution is 9.10. The summed E-state index contributed by atoms with van der Waals surface area (Å²) in [6.45, 7) is 1.64. The van der Waals surface area contributed by atoms with Crippen LogP contribution in [-0.4, -0.2) is 34.4 Å². The second-order valence-corrected chi connectivity index (χ2v) is 7.43. The highest BCUT2D eigenvalue weighted by atomic mass is 79.9. The molecule has 0 radical (unpaired) electrons. The topological polar surface area (TPSA) is 84.4 Å². The fraction of sp³-hybridized carbons (Fsp3) is 0.200. The normalized spacial score (nSPS) is 16.3. The minimum absolute atomic E-state index is 0.122. The predicted octanol–water partition coefficient (Wildman–Crippen LogP) is 3.54. The van der Waals surface area contributed by atoms with Gasteiger partial charge in [0.25, 0.3) is 5.91 Å². The predicted molar refractivity (Wildman–Crippen MR) is 109 cm³/mol. The van der Waals surface area contributed by atoms with Crippen molar-refractivity contribution in [3.05, 3.63) is 53.3 Å². The van der Waals surface area contributed by atoms with Crippen molar-refractivity contribution in [2.24, 2.45) is 0 Å². The summed E-state index contributed by atoms with van der Waals surface area (Å²) in [7, 11) is 0. The molecule has 0 aliphatic carbocycles. The molecule has 1 aliphatic heterocycles. The van der Waals surface area contributed by atoms with Crippen LogP contribution in [0.2, 0.25) is 0 Å². The zero-order valence-electron chi connectivity index (χ0n) is 15.1. The van der Waals surface area contributed by atoms with Gasteiger partial charge < -0.3 is 15.0 Å². The van der Waals surface area contributed by atoms with E-state index >= 15 is 0 Å². The Labute approximate surface area is 169 Å². The quantitative estimate of drug-likeness (QED) is 0.673. The highest BCUT2D eigenvalue weighted by Gasteiger charge is 2.29. The Bertz CT molecular complexity index is 1070. The monoisotopic (exact) mass is 440 g/mol. The Hall–Kier alpha value is -3.00. The van der Waals surface area contributed by atoms with Crippen molar-refractivity contribution >= 4 is 50.0 Å². The SMILES string of the molecule is CC1CC(=O)Nc2ccccc2N1C(=O)COc1ncnc2ccc(Br)cc12. The van der Waals surface area contributed by atoms with E-state index in [9.17, 15) is 9.59 Å². The Morgan fingerprint density at radius 3 is 2.96 bits per heavy atom. The van der Waals surface area contributed by atoms with Gasteiger partial charge in [-0.2, -0.15) is 0 Å². The van der Waals surface area contributed by atoms with Crippen molar-refractivity contribution in [3.63, 3.8) is 0 Å². The van der Waals surface area contributed by atoms with Gasteiger partial charge in [-0.3, -0.25) is 9.59 Å². The van der Waals surface area contributed by atoms with Crippen molar-refractivity contribution in [1.82, 2.24) is 9.97 Å². The number of anilines is 2. The van der Waals surface area contributed by atoms with Gasteiger partial charge in [0.2, 0.25) is 11.8 Å². The number of halogens is 1. The molecule has 1 unspecified atom stereocenters. The van der Waals surface area contributed by atoms with Crippen molar-refractivity contribution in [2.75, 3.05) is 16.8 Å². The summed E-state index contributed by atoms with van der Waals surface area (Å²) in [5, 5.41) is 3.56. The van der Waals surface area contributed by atoms with E-state index in [2.05, 4.69) is 31.2 Å². The maximum absolute atomic E-state index is 13.0. The molecule has 0 spiro atoms. The number of para-hydroxylation sites is 2. The van der Waals surface area contributed by atoms with Crippen LogP contribution in [0.15, 0.2) is 53.3 Å². The standard InChI is InChI=1S/C20H17BrN4O3/c1-12-8-18(26)24-16-4-2-3-5-17(16)25(12)19(27)10-28-20-14-9-13(21)6-7-15(14)22-11-23-20/h2-7,9,11-12H,8,10H2,1H3,(H,24,26). The lowest BCUT2D eigenvalue weighted by molar-refractivity contribution is -0.121. The molecule has 0 fully saturated rings. The molecule has 1 aliphatic rings. The number of hydrogen-bond donors (Lipinski definition) is 1. The molecule has 1 atom stereocenters. The summed E-state index contributed by atoms with van der Waals surface area (Å²) in [5.41, 5.74) is 2.00. The summed E-state index contributed by atoms with van der Waals surface area (Å²) in [6, 6.07) is 12.5. The van der Waals surface area contributed by atoms with E-state index in [1.165, 1.54) is 6.33 Å². The molecule has 2 heterocycles. The van der Waals surface area contributed by atoms with Crippen LogP contribution in [0.4, 0.5) is 11.4 Å². The number of benzene rings is 2. The van der Waals surface area contributed by atoms with Gasteiger partial charge >= 0.3 is 0 Å². The fourth-order valence-corrected chi connectivity index (χ4v) is 3.65. The first-order chi connectivity index (χ1) is 13.5. The van der Waals surface area contributed by atoms with E-state index in [1.807, 2.05) is 43.3 Å². The van der Waals surface area contributed by atoms with Gasteiger partial charge in [0.05, 0.1) is 22.3 Å². The van der Waals surface area contributed by atoms with E-state index in [4.69, 9.17) is 4.74 Å². The van der Waals surface area contributed by atoms with Crippen molar-refractivity contribution in [1.29, 1.82) is 0 Å². The molecule has 2 aromatic carbocycles. The summed E-state index contributed by atoms with van der Waals surface area (Å²) in [5.74, 6) is -0.0365. The van der Waals surface area contributed by atoms with Crippen molar-refractivity contribution < 1.29 is 14.3 Å². The van der Waals surface area contributed by atoms with Crippen LogP contribution in [0.3, 0.4) is 0 Å². The van der Waals surface area contributed by atoms with Gasteiger partial charge in [-0.05, 0) is 37.3 Å². The maximum Gasteiger partial charge on any atom is 0.265 e. The van der Waals surface area contributed by atoms with Crippen molar-refractivity contribution in [2.45, 2.75) is 19.4 Å². The van der Waals surface area contributed by atoms with E-state index < -0.39 is 0 Å². The number of carbonyl (C=O) groups excluding carboxylic acids is 2. The first-order valence-electron chi connectivity index (χ1n) is 8.77. The molecular formula is C20H17BrN4O3. The number of nitrogens with one attached hydrogen (secondary N) is 1. The van der Waals surface area contributed by atoms with Gasteiger partial charge in [0.1, 0.15) is 6.33 Å². The molecule has 0 bridgehead atoms. The fourth-order valence-electron chi connectivity index (χ4n) is 3.29. The lowest BCUT2D eigenvalue weighted by Crippen LogP contribution is -2.41. The number of hydrogen-bond acceptors (Lipinski definition) is 5. The van der Waals surface area contributed by atoms with Crippen LogP contribution < -0.4 is 15.0 Å². The molecule has 7 nitrogen and oxygen atoms in total. The number of fused-ring (bicyclic) bond motifs is 2. The van der Waals surface area contributed by atoms with Crippen LogP contribution >= 0.6 is 15.9 Å². The number of nitrogens with zero attached hydrogens (tertiary/aromatic N) is 3. The van der Waals surface area contributed by atoms with E-state index in [0.717, 1.165) is 9.99 Å². The zero-order chi connectivity index (χ0) is 19.7. The van der Waals surface area contributed by atoms with E-state index in [1.54, 1.807) is 11.0 Å². The molecule has 0 saturated carbocycles. The lowest BCUT2D eigenvalue weighted by Gasteiger charge is -2.27. The molecule has 142 valence electrons. The largest absolute Gasteiger partial charge is 0.467 e. The average Bonchev–Trinajstić information content (AvgIpc) is 2.80. The second kappa shape index (κ2) is 7.55. The Kier molecular flexibility index (Phi) is 4.95. The molecule has 1 aromatic heterocycles. The first kappa shape index (κ1) is 18.4. The third kappa shape index (κ3) is 3.55. The average molecular weight is 441 g/mol. The summed E-state index contributed by atoms with van der Waals surface area (Å²) >= 11 is 3.42. The van der Waals surface area contributed by atoms with Crippen molar-refractivity contribution in [3.8, 4) is 5.88 Å². The number of aromatic nitrogens is 2. The molecule has 2 amide bonds. The Balaban J connectivity index is 1.60. The molecule has 4 rings (SSSR count). The number of carbonyl (C=O) groups is 2. The molecule has 8 heteroatoms. The number of ether oxygens (including phenoxy) is 1. The molecule has 1 N–H and O–H groups in total. The molecule has 28 heavy (non-hydrogen) atoms. The maximum atomic E-state index is 13.0. The van der Waals surface area contributed by atoms with Gasteiger partial charge in [-0.25, -0.2) is 9.97 Å². The minimum Gasteiger partial charge on any atom is -0.467 e. The highest BCUT2D eigenvalue weighted by Crippen LogP contribution is 2.31. The summed E-state index contributed by atoms with van der Waals surface area (Å²) in [4.78, 5) is 35.1. The number of rotatable bonds is 3. The first-order valence-corrected chi connectivity index (χ1v) is 9.56. The summed E-state index contributed by atoms with van der Waals surface area (Å²) < 4.78 is 6.62. The molecule has 0 saturated heterocycles. The third-order valence-electron chi connectivity index (χ3n) is 4.52. The third-order valence-corrected chi connectivity index (χ3v) is 5.01. The van der Waals surface area contributed by atoms with Gasteiger partial charge in [0.15, 0.2) is 6.61 Å². The zero-order valence-corrected chi connectivity index (χ0v) is 16.6. The van der Waals surface area contributed by atoms with E-state index in [0.29, 0.717) is 22.6 Å². The molecular weight excluding hydrogens is 424 g/mol. The van der Waals surface area contributed by atoms with Crippen LogP contribution in [0.25, 0.3) is 10.9 Å². The van der Waals surface area contributed by atoms with Crippen LogP contribution in [0, 0.1) is 0 Å². The Morgan fingerprint density at radius 2 is 2.11 bits per heavy atom. The van der Waals surface area contributed by atoms with Gasteiger partial charge in [-0.1, -0.05) is 28.1 Å². The van der Waals surface area contributed by atoms with Gasteiger partial charge in [0, 0.05) is 16.9 Å². The van der Waals surface area contributed by atoms with Crippen LogP contribution in [0.5, 0.6) is 5.88 Å². The van der Waals surface area contributed by atoms with E-state index in [-0.39, 0.29) is 30.9 Å².